The number of benzene rings is 2. The lowest BCUT2D eigenvalue weighted by Crippen LogP contribution is -2.30. The van der Waals surface area contributed by atoms with E-state index in [9.17, 15) is 4.79 Å². The van der Waals surface area contributed by atoms with Crippen molar-refractivity contribution in [3.63, 3.8) is 0 Å². The molecule has 0 atom stereocenters. The summed E-state index contributed by atoms with van der Waals surface area (Å²) in [6, 6.07) is 15.3. The highest BCUT2D eigenvalue weighted by Crippen LogP contribution is 2.36. The van der Waals surface area contributed by atoms with Crippen molar-refractivity contribution in [2.45, 2.75) is 6.54 Å². The van der Waals surface area contributed by atoms with Crippen LogP contribution >= 0.6 is 11.3 Å². The maximum Gasteiger partial charge on any atom is 0.322 e. The summed E-state index contributed by atoms with van der Waals surface area (Å²) in [5.74, 6) is 0.599. The fourth-order valence-electron chi connectivity index (χ4n) is 2.94. The number of ether oxygens (including phenoxy) is 1. The van der Waals surface area contributed by atoms with Gasteiger partial charge in [0, 0.05) is 28.8 Å². The zero-order chi connectivity index (χ0) is 18.1. The SMILES string of the molecule is COc1cc2c(cc1NC(=O)N(C)Cc1cccs1)oc1ccccc12. The molecular formula is C20H18N2O3S. The van der Waals surface area contributed by atoms with Gasteiger partial charge in [-0.15, -0.1) is 11.3 Å². The highest BCUT2D eigenvalue weighted by molar-refractivity contribution is 7.09. The molecule has 4 aromatic rings. The maximum absolute atomic E-state index is 12.5. The van der Waals surface area contributed by atoms with E-state index in [-0.39, 0.29) is 6.03 Å². The summed E-state index contributed by atoms with van der Waals surface area (Å²) < 4.78 is 11.4. The van der Waals surface area contributed by atoms with Gasteiger partial charge in [0.05, 0.1) is 19.3 Å². The molecule has 0 saturated carbocycles. The zero-order valence-corrected chi connectivity index (χ0v) is 15.3. The number of nitrogens with one attached hydrogen (secondary N) is 1. The number of carbonyl (C=O) groups excluding carboxylic acids is 1. The second kappa shape index (κ2) is 6.72. The molecule has 0 aliphatic heterocycles. The van der Waals surface area contributed by atoms with E-state index < -0.39 is 0 Å². The minimum Gasteiger partial charge on any atom is -0.495 e. The number of para-hydroxylation sites is 1. The summed E-state index contributed by atoms with van der Waals surface area (Å²) in [6.45, 7) is 0.554. The fourth-order valence-corrected chi connectivity index (χ4v) is 3.69. The van der Waals surface area contributed by atoms with Gasteiger partial charge >= 0.3 is 6.03 Å². The van der Waals surface area contributed by atoms with E-state index in [2.05, 4.69) is 5.32 Å². The molecule has 0 fully saturated rings. The Morgan fingerprint density at radius 1 is 1.15 bits per heavy atom. The highest BCUT2D eigenvalue weighted by Gasteiger charge is 2.16. The van der Waals surface area contributed by atoms with Gasteiger partial charge in [-0.1, -0.05) is 24.3 Å². The van der Waals surface area contributed by atoms with E-state index in [1.165, 1.54) is 0 Å². The quantitative estimate of drug-likeness (QED) is 0.532. The average molecular weight is 366 g/mol. The number of nitrogens with zero attached hydrogens (tertiary/aromatic N) is 1. The summed E-state index contributed by atoms with van der Waals surface area (Å²) in [5, 5.41) is 6.90. The van der Waals surface area contributed by atoms with Crippen molar-refractivity contribution in [2.24, 2.45) is 0 Å². The van der Waals surface area contributed by atoms with E-state index in [0.29, 0.717) is 23.6 Å². The number of urea groups is 1. The molecule has 0 spiro atoms. The normalized spacial score (nSPS) is 11.0. The van der Waals surface area contributed by atoms with Gasteiger partial charge < -0.3 is 19.4 Å². The van der Waals surface area contributed by atoms with Crippen molar-refractivity contribution in [1.29, 1.82) is 0 Å². The molecule has 2 aromatic heterocycles. The van der Waals surface area contributed by atoms with E-state index in [1.807, 2.05) is 53.9 Å². The van der Waals surface area contributed by atoms with Crippen LogP contribution in [0.2, 0.25) is 0 Å². The molecule has 0 bridgehead atoms. The number of rotatable bonds is 4. The molecule has 6 heteroatoms. The lowest BCUT2D eigenvalue weighted by atomic mass is 10.1. The van der Waals surface area contributed by atoms with Crippen LogP contribution in [0.3, 0.4) is 0 Å². The van der Waals surface area contributed by atoms with Crippen molar-refractivity contribution in [1.82, 2.24) is 4.90 Å². The Morgan fingerprint density at radius 3 is 2.77 bits per heavy atom. The van der Waals surface area contributed by atoms with Crippen molar-refractivity contribution in [2.75, 3.05) is 19.5 Å². The molecule has 0 aliphatic carbocycles. The van der Waals surface area contributed by atoms with Gasteiger partial charge in [0.2, 0.25) is 0 Å². The van der Waals surface area contributed by atoms with Crippen LogP contribution in [0.25, 0.3) is 21.9 Å². The second-order valence-electron chi connectivity index (χ2n) is 6.01. The van der Waals surface area contributed by atoms with Crippen LogP contribution in [0.4, 0.5) is 10.5 Å². The predicted octanol–water partition coefficient (Wildman–Crippen LogP) is 5.32. The van der Waals surface area contributed by atoms with E-state index >= 15 is 0 Å². The lowest BCUT2D eigenvalue weighted by molar-refractivity contribution is 0.221. The van der Waals surface area contributed by atoms with Crippen molar-refractivity contribution in [3.05, 3.63) is 58.8 Å². The number of hydrogen-bond donors (Lipinski definition) is 1. The van der Waals surface area contributed by atoms with Crippen molar-refractivity contribution >= 4 is 45.0 Å². The first-order valence-electron chi connectivity index (χ1n) is 8.19. The molecule has 0 radical (unpaired) electrons. The number of anilines is 1. The average Bonchev–Trinajstić information content (AvgIpc) is 3.27. The molecular weight excluding hydrogens is 348 g/mol. The van der Waals surface area contributed by atoms with Crippen LogP contribution in [0.1, 0.15) is 4.88 Å². The first-order valence-corrected chi connectivity index (χ1v) is 9.07. The summed E-state index contributed by atoms with van der Waals surface area (Å²) in [6.07, 6.45) is 0. The smallest absolute Gasteiger partial charge is 0.322 e. The van der Waals surface area contributed by atoms with Crippen LogP contribution in [0, 0.1) is 0 Å². The number of hydrogen-bond acceptors (Lipinski definition) is 4. The van der Waals surface area contributed by atoms with Gasteiger partial charge in [-0.05, 0) is 23.6 Å². The number of furan rings is 1. The van der Waals surface area contributed by atoms with Gasteiger partial charge in [-0.25, -0.2) is 4.79 Å². The Balaban J connectivity index is 1.64. The highest BCUT2D eigenvalue weighted by atomic mass is 32.1. The standard InChI is InChI=1S/C20H18N2O3S/c1-22(12-13-6-5-9-26-13)20(23)21-16-11-18-15(10-19(16)24-2)14-7-3-4-8-17(14)25-18/h3-11H,12H2,1-2H3,(H,21,23). The monoisotopic (exact) mass is 366 g/mol. The zero-order valence-electron chi connectivity index (χ0n) is 14.5. The largest absolute Gasteiger partial charge is 0.495 e. The topological polar surface area (TPSA) is 54.7 Å². The third-order valence-corrected chi connectivity index (χ3v) is 5.12. The van der Waals surface area contributed by atoms with E-state index in [4.69, 9.17) is 9.15 Å². The first kappa shape index (κ1) is 16.5. The predicted molar refractivity (Wildman–Crippen MR) is 105 cm³/mol. The van der Waals surface area contributed by atoms with Gasteiger partial charge in [0.15, 0.2) is 0 Å². The van der Waals surface area contributed by atoms with Crippen LogP contribution < -0.4 is 10.1 Å². The molecule has 2 aromatic carbocycles. The van der Waals surface area contributed by atoms with Crippen molar-refractivity contribution in [3.8, 4) is 5.75 Å². The molecule has 0 saturated heterocycles. The van der Waals surface area contributed by atoms with Crippen LogP contribution in [0.5, 0.6) is 5.75 Å². The first-order chi connectivity index (χ1) is 12.7. The summed E-state index contributed by atoms with van der Waals surface area (Å²) >= 11 is 1.63. The Labute approximate surface area is 154 Å². The molecule has 132 valence electrons. The molecule has 26 heavy (non-hydrogen) atoms. The summed E-state index contributed by atoms with van der Waals surface area (Å²) in [7, 11) is 3.36. The summed E-state index contributed by atoms with van der Waals surface area (Å²) in [4.78, 5) is 15.3. The van der Waals surface area contributed by atoms with E-state index in [1.54, 1.807) is 30.4 Å². The van der Waals surface area contributed by atoms with Crippen molar-refractivity contribution < 1.29 is 13.9 Å². The Kier molecular flexibility index (Phi) is 4.26. The Hall–Kier alpha value is -2.99. The molecule has 2 amide bonds. The minimum atomic E-state index is -0.202. The van der Waals surface area contributed by atoms with Crippen LogP contribution in [-0.2, 0) is 6.54 Å². The van der Waals surface area contributed by atoms with Crippen LogP contribution in [-0.4, -0.2) is 25.1 Å². The lowest BCUT2D eigenvalue weighted by Gasteiger charge is -2.18. The number of amides is 2. The van der Waals surface area contributed by atoms with Gasteiger partial charge in [0.1, 0.15) is 16.9 Å². The number of thiophene rings is 1. The molecule has 5 nitrogen and oxygen atoms in total. The third-order valence-electron chi connectivity index (χ3n) is 4.26. The van der Waals surface area contributed by atoms with Crippen LogP contribution in [0.15, 0.2) is 58.3 Å². The van der Waals surface area contributed by atoms with Gasteiger partial charge in [0.25, 0.3) is 0 Å². The number of carbonyl (C=O) groups is 1. The maximum atomic E-state index is 12.5. The number of methoxy groups -OCH3 is 1. The second-order valence-corrected chi connectivity index (χ2v) is 7.04. The summed E-state index contributed by atoms with van der Waals surface area (Å²) in [5.41, 5.74) is 2.10. The van der Waals surface area contributed by atoms with Gasteiger partial charge in [-0.2, -0.15) is 0 Å². The fraction of sp³-hybridized carbons (Fsp3) is 0.150. The molecule has 0 unspecified atom stereocenters. The Bertz CT molecular complexity index is 1070. The van der Waals surface area contributed by atoms with Gasteiger partial charge in [-0.3, -0.25) is 0 Å². The third kappa shape index (κ3) is 2.99. The Morgan fingerprint density at radius 2 is 2.00 bits per heavy atom. The number of fused-ring (bicyclic) bond motifs is 3. The molecule has 4 rings (SSSR count). The molecule has 2 heterocycles. The van der Waals surface area contributed by atoms with E-state index in [0.717, 1.165) is 21.2 Å². The minimum absolute atomic E-state index is 0.202. The molecule has 0 aliphatic rings. The molecule has 1 N–H and O–H groups in total.